The fourth-order valence-corrected chi connectivity index (χ4v) is 2.05. The summed E-state index contributed by atoms with van der Waals surface area (Å²) in [7, 11) is 0. The Kier molecular flexibility index (Phi) is 3.37. The van der Waals surface area contributed by atoms with E-state index in [0.717, 1.165) is 35.8 Å². The average molecular weight is 267 g/mol. The molecule has 4 nitrogen and oxygen atoms in total. The molecule has 3 rings (SSSR count). The van der Waals surface area contributed by atoms with E-state index in [1.165, 1.54) is 5.56 Å². The number of rotatable bonds is 4. The van der Waals surface area contributed by atoms with E-state index < -0.39 is 0 Å². The first kappa shape index (κ1) is 12.7. The zero-order valence-electron chi connectivity index (χ0n) is 11.7. The van der Waals surface area contributed by atoms with Crippen LogP contribution in [0.1, 0.15) is 17.1 Å². The summed E-state index contributed by atoms with van der Waals surface area (Å²) >= 11 is 0. The monoisotopic (exact) mass is 267 g/mol. The lowest BCUT2D eigenvalue weighted by atomic mass is 10.2. The van der Waals surface area contributed by atoms with Gasteiger partial charge in [-0.25, -0.2) is 4.98 Å². The van der Waals surface area contributed by atoms with Gasteiger partial charge in [-0.15, -0.1) is 0 Å². The van der Waals surface area contributed by atoms with Gasteiger partial charge in [0.05, 0.1) is 0 Å². The molecular weight excluding hydrogens is 250 g/mol. The minimum atomic E-state index is 0.690. The third-order valence-corrected chi connectivity index (χ3v) is 3.16. The molecule has 0 saturated heterocycles. The molecule has 0 radical (unpaired) electrons. The standard InChI is InChI=1S/C16H17N3O/c1-11-3-6-13(7-4-11)17-10-9-15-19-16-14(20-15)8-5-12(2)18-16/h3-8,17H,9-10H2,1-2H3. The first-order valence-corrected chi connectivity index (χ1v) is 6.74. The Morgan fingerprint density at radius 2 is 1.80 bits per heavy atom. The molecule has 0 bridgehead atoms. The SMILES string of the molecule is Cc1ccc(NCCc2nc3nc(C)ccc3o2)cc1. The number of aryl methyl sites for hydroxylation is 2. The van der Waals surface area contributed by atoms with Crippen molar-refractivity contribution < 1.29 is 4.42 Å². The topological polar surface area (TPSA) is 51.0 Å². The maximum absolute atomic E-state index is 5.67. The van der Waals surface area contributed by atoms with Crippen molar-refractivity contribution in [1.29, 1.82) is 0 Å². The summed E-state index contributed by atoms with van der Waals surface area (Å²) < 4.78 is 5.67. The lowest BCUT2D eigenvalue weighted by Gasteiger charge is -2.04. The molecule has 0 fully saturated rings. The third-order valence-electron chi connectivity index (χ3n) is 3.16. The minimum absolute atomic E-state index is 0.690. The highest BCUT2D eigenvalue weighted by molar-refractivity contribution is 5.67. The summed E-state index contributed by atoms with van der Waals surface area (Å²) in [5.41, 5.74) is 4.77. The van der Waals surface area contributed by atoms with Crippen molar-refractivity contribution in [3.8, 4) is 0 Å². The van der Waals surface area contributed by atoms with E-state index in [2.05, 4.69) is 46.5 Å². The molecule has 0 atom stereocenters. The van der Waals surface area contributed by atoms with E-state index >= 15 is 0 Å². The Bertz CT molecular complexity index is 716. The lowest BCUT2D eigenvalue weighted by Crippen LogP contribution is -2.04. The van der Waals surface area contributed by atoms with Crippen LogP contribution in [0.25, 0.3) is 11.2 Å². The number of hydrogen-bond acceptors (Lipinski definition) is 4. The number of aromatic nitrogens is 2. The fraction of sp³-hybridized carbons (Fsp3) is 0.250. The van der Waals surface area contributed by atoms with Gasteiger partial charge in [0.1, 0.15) is 0 Å². The number of nitrogens with one attached hydrogen (secondary N) is 1. The predicted octanol–water partition coefficient (Wildman–Crippen LogP) is 3.49. The van der Waals surface area contributed by atoms with Gasteiger partial charge in [0.15, 0.2) is 17.1 Å². The second-order valence-electron chi connectivity index (χ2n) is 4.92. The van der Waals surface area contributed by atoms with Crippen molar-refractivity contribution >= 4 is 16.9 Å². The van der Waals surface area contributed by atoms with Crippen LogP contribution in [0.15, 0.2) is 40.8 Å². The molecule has 0 unspecified atom stereocenters. The van der Waals surface area contributed by atoms with Crippen molar-refractivity contribution in [2.24, 2.45) is 0 Å². The van der Waals surface area contributed by atoms with Crippen molar-refractivity contribution in [3.05, 3.63) is 53.5 Å². The van der Waals surface area contributed by atoms with Crippen LogP contribution in [0, 0.1) is 13.8 Å². The lowest BCUT2D eigenvalue weighted by molar-refractivity contribution is 0.534. The van der Waals surface area contributed by atoms with Gasteiger partial charge in [0.2, 0.25) is 0 Å². The van der Waals surface area contributed by atoms with Crippen LogP contribution < -0.4 is 5.32 Å². The van der Waals surface area contributed by atoms with Crippen molar-refractivity contribution in [2.45, 2.75) is 20.3 Å². The van der Waals surface area contributed by atoms with Gasteiger partial charge in [-0.1, -0.05) is 17.7 Å². The summed E-state index contributed by atoms with van der Waals surface area (Å²) in [5, 5.41) is 3.36. The maximum Gasteiger partial charge on any atom is 0.199 e. The van der Waals surface area contributed by atoms with E-state index in [9.17, 15) is 0 Å². The summed E-state index contributed by atoms with van der Waals surface area (Å²) in [6, 6.07) is 12.2. The highest BCUT2D eigenvalue weighted by Gasteiger charge is 2.06. The van der Waals surface area contributed by atoms with Crippen molar-refractivity contribution in [1.82, 2.24) is 9.97 Å². The van der Waals surface area contributed by atoms with Crippen LogP contribution in [0.2, 0.25) is 0 Å². The minimum Gasteiger partial charge on any atom is -0.439 e. The van der Waals surface area contributed by atoms with E-state index in [-0.39, 0.29) is 0 Å². The van der Waals surface area contributed by atoms with Gasteiger partial charge >= 0.3 is 0 Å². The average Bonchev–Trinajstić information content (AvgIpc) is 2.83. The number of hydrogen-bond donors (Lipinski definition) is 1. The largest absolute Gasteiger partial charge is 0.439 e. The normalized spacial score (nSPS) is 10.9. The predicted molar refractivity (Wildman–Crippen MR) is 79.9 cm³/mol. The Balaban J connectivity index is 1.63. The molecule has 20 heavy (non-hydrogen) atoms. The Morgan fingerprint density at radius 1 is 1.00 bits per heavy atom. The first-order valence-electron chi connectivity index (χ1n) is 6.74. The fourth-order valence-electron chi connectivity index (χ4n) is 2.05. The van der Waals surface area contributed by atoms with Crippen LogP contribution in [0.3, 0.4) is 0 Å². The smallest absolute Gasteiger partial charge is 0.199 e. The zero-order valence-corrected chi connectivity index (χ0v) is 11.7. The van der Waals surface area contributed by atoms with Gasteiger partial charge in [0, 0.05) is 24.3 Å². The molecular formula is C16H17N3O. The summed E-state index contributed by atoms with van der Waals surface area (Å²) in [6.45, 7) is 4.82. The molecule has 0 aliphatic carbocycles. The first-order chi connectivity index (χ1) is 9.70. The Hall–Kier alpha value is -2.36. The molecule has 4 heteroatoms. The molecule has 0 saturated carbocycles. The van der Waals surface area contributed by atoms with Crippen molar-refractivity contribution in [2.75, 3.05) is 11.9 Å². The highest BCUT2D eigenvalue weighted by Crippen LogP contribution is 2.14. The molecule has 0 aliphatic heterocycles. The number of anilines is 1. The Labute approximate surface area is 117 Å². The highest BCUT2D eigenvalue weighted by atomic mass is 16.3. The van der Waals surface area contributed by atoms with Crippen LogP contribution >= 0.6 is 0 Å². The van der Waals surface area contributed by atoms with E-state index in [1.54, 1.807) is 0 Å². The Morgan fingerprint density at radius 3 is 2.60 bits per heavy atom. The number of pyridine rings is 1. The number of oxazole rings is 1. The molecule has 0 aliphatic rings. The quantitative estimate of drug-likeness (QED) is 0.786. The number of nitrogens with zero attached hydrogens (tertiary/aromatic N) is 2. The molecule has 102 valence electrons. The van der Waals surface area contributed by atoms with Gasteiger partial charge in [0.25, 0.3) is 0 Å². The van der Waals surface area contributed by atoms with Crippen molar-refractivity contribution in [3.63, 3.8) is 0 Å². The van der Waals surface area contributed by atoms with E-state index in [1.807, 2.05) is 19.1 Å². The third kappa shape index (κ3) is 2.79. The molecule has 3 aromatic rings. The molecule has 0 spiro atoms. The molecule has 0 amide bonds. The van der Waals surface area contributed by atoms with Gasteiger partial charge < -0.3 is 9.73 Å². The second kappa shape index (κ2) is 5.33. The number of fused-ring (bicyclic) bond motifs is 1. The van der Waals surface area contributed by atoms with E-state index in [4.69, 9.17) is 4.42 Å². The number of benzene rings is 1. The van der Waals surface area contributed by atoms with Gasteiger partial charge in [-0.3, -0.25) is 0 Å². The zero-order chi connectivity index (χ0) is 13.9. The molecule has 2 heterocycles. The maximum atomic E-state index is 5.67. The van der Waals surface area contributed by atoms with Crippen LogP contribution in [0.4, 0.5) is 5.69 Å². The summed E-state index contributed by atoms with van der Waals surface area (Å²) in [5.74, 6) is 0.720. The van der Waals surface area contributed by atoms with Gasteiger partial charge in [-0.2, -0.15) is 4.98 Å². The summed E-state index contributed by atoms with van der Waals surface area (Å²) in [4.78, 5) is 8.75. The molecule has 1 aromatic carbocycles. The molecule has 1 N–H and O–H groups in total. The van der Waals surface area contributed by atoms with Crippen LogP contribution in [-0.4, -0.2) is 16.5 Å². The van der Waals surface area contributed by atoms with Crippen LogP contribution in [0.5, 0.6) is 0 Å². The van der Waals surface area contributed by atoms with Crippen LogP contribution in [-0.2, 0) is 6.42 Å². The second-order valence-corrected chi connectivity index (χ2v) is 4.92. The summed E-state index contributed by atoms with van der Waals surface area (Å²) in [6.07, 6.45) is 0.739. The van der Waals surface area contributed by atoms with E-state index in [0.29, 0.717) is 5.65 Å². The molecule has 2 aromatic heterocycles. The van der Waals surface area contributed by atoms with Gasteiger partial charge in [-0.05, 0) is 38.1 Å².